The van der Waals surface area contributed by atoms with Crippen LogP contribution in [0, 0.1) is 0 Å². The molecule has 1 aromatic carbocycles. The molecule has 20 heavy (non-hydrogen) atoms. The largest absolute Gasteiger partial charge is 0.478 e. The van der Waals surface area contributed by atoms with E-state index in [2.05, 4.69) is 0 Å². The number of nitrogen functional groups attached to an aromatic ring is 1. The van der Waals surface area contributed by atoms with Crippen LogP contribution in [-0.4, -0.2) is 50.9 Å². The molecule has 8 nitrogen and oxygen atoms in total. The zero-order valence-electron chi connectivity index (χ0n) is 11.0. The molecule has 1 rings (SSSR count). The van der Waals surface area contributed by atoms with Gasteiger partial charge in [-0.2, -0.15) is 0 Å². The Morgan fingerprint density at radius 2 is 1.95 bits per heavy atom. The highest BCUT2D eigenvalue weighted by atomic mass is 32.2. The zero-order chi connectivity index (χ0) is 15.5. The summed E-state index contributed by atoms with van der Waals surface area (Å²) in [7, 11) is -1.20. The number of hydrogen-bond donors (Lipinski definition) is 3. The van der Waals surface area contributed by atoms with Crippen molar-refractivity contribution in [3.63, 3.8) is 0 Å². The molecule has 0 aliphatic heterocycles. The van der Waals surface area contributed by atoms with E-state index >= 15 is 0 Å². The number of anilines is 1. The van der Waals surface area contributed by atoms with Gasteiger partial charge < -0.3 is 15.7 Å². The van der Waals surface area contributed by atoms with Crippen LogP contribution >= 0.6 is 0 Å². The maximum atomic E-state index is 12.0. The molecule has 0 unspecified atom stereocenters. The quantitative estimate of drug-likeness (QED) is 0.619. The Bertz CT molecular complexity index is 639. The SMILES string of the molecule is CN(C)C(=O)CNS(=O)(=O)c1cc(N)ccc1C(=O)O. The Kier molecular flexibility index (Phi) is 4.69. The first-order chi connectivity index (χ1) is 9.15. The van der Waals surface area contributed by atoms with Gasteiger partial charge in [-0.3, -0.25) is 4.79 Å². The van der Waals surface area contributed by atoms with Crippen molar-refractivity contribution in [2.45, 2.75) is 4.90 Å². The second kappa shape index (κ2) is 5.88. The lowest BCUT2D eigenvalue weighted by atomic mass is 10.2. The van der Waals surface area contributed by atoms with Crippen molar-refractivity contribution in [3.8, 4) is 0 Å². The average Bonchev–Trinajstić information content (AvgIpc) is 2.35. The summed E-state index contributed by atoms with van der Waals surface area (Å²) in [5.74, 6) is -1.86. The third-order valence-electron chi connectivity index (χ3n) is 2.44. The highest BCUT2D eigenvalue weighted by Crippen LogP contribution is 2.19. The molecule has 0 aliphatic rings. The molecule has 0 saturated carbocycles. The first-order valence-electron chi connectivity index (χ1n) is 5.48. The van der Waals surface area contributed by atoms with Gasteiger partial charge in [0.15, 0.2) is 0 Å². The van der Waals surface area contributed by atoms with Crippen molar-refractivity contribution in [1.29, 1.82) is 0 Å². The summed E-state index contributed by atoms with van der Waals surface area (Å²) in [5, 5.41) is 8.98. The molecule has 0 spiro atoms. The summed E-state index contributed by atoms with van der Waals surface area (Å²) in [6, 6.07) is 3.42. The number of carbonyl (C=O) groups is 2. The van der Waals surface area contributed by atoms with Crippen LogP contribution in [-0.2, 0) is 14.8 Å². The van der Waals surface area contributed by atoms with Crippen LogP contribution in [0.25, 0.3) is 0 Å². The molecule has 0 aliphatic carbocycles. The number of nitrogens with one attached hydrogen (secondary N) is 1. The summed E-state index contributed by atoms with van der Waals surface area (Å²) in [6.07, 6.45) is 0. The number of carboxylic acids is 1. The number of hydrogen-bond acceptors (Lipinski definition) is 5. The van der Waals surface area contributed by atoms with Crippen molar-refractivity contribution in [3.05, 3.63) is 23.8 Å². The standard InChI is InChI=1S/C11H15N3O5S/c1-14(2)10(15)6-13-20(18,19)9-5-7(12)3-4-8(9)11(16)17/h3-5,13H,6,12H2,1-2H3,(H,16,17). The molecule has 4 N–H and O–H groups in total. The smallest absolute Gasteiger partial charge is 0.337 e. The van der Waals surface area contributed by atoms with Crippen LogP contribution in [0.1, 0.15) is 10.4 Å². The molecule has 110 valence electrons. The molecule has 1 aromatic rings. The number of carbonyl (C=O) groups excluding carboxylic acids is 1. The number of carboxylic acid groups (broad SMARTS) is 1. The fourth-order valence-corrected chi connectivity index (χ4v) is 2.54. The van der Waals surface area contributed by atoms with Gasteiger partial charge >= 0.3 is 5.97 Å². The topological polar surface area (TPSA) is 130 Å². The molecule has 0 radical (unpaired) electrons. The first kappa shape index (κ1) is 15.9. The van der Waals surface area contributed by atoms with Crippen LogP contribution in [0.2, 0.25) is 0 Å². The highest BCUT2D eigenvalue weighted by molar-refractivity contribution is 7.89. The number of nitrogens with zero attached hydrogens (tertiary/aromatic N) is 1. The molecule has 0 saturated heterocycles. The van der Waals surface area contributed by atoms with Crippen LogP contribution < -0.4 is 10.5 Å². The lowest BCUT2D eigenvalue weighted by Crippen LogP contribution is -2.36. The van der Waals surface area contributed by atoms with E-state index in [4.69, 9.17) is 10.8 Å². The minimum Gasteiger partial charge on any atom is -0.478 e. The third kappa shape index (κ3) is 3.68. The lowest BCUT2D eigenvalue weighted by Gasteiger charge is -2.12. The minimum absolute atomic E-state index is 0.106. The number of amides is 1. The molecular formula is C11H15N3O5S. The fraction of sp³-hybridized carbons (Fsp3) is 0.273. The van der Waals surface area contributed by atoms with Crippen molar-refractivity contribution >= 4 is 27.6 Å². The lowest BCUT2D eigenvalue weighted by molar-refractivity contribution is -0.127. The van der Waals surface area contributed by atoms with E-state index in [0.29, 0.717) is 0 Å². The van der Waals surface area contributed by atoms with Crippen molar-refractivity contribution < 1.29 is 23.1 Å². The molecular weight excluding hydrogens is 286 g/mol. The normalized spacial score (nSPS) is 11.1. The fourth-order valence-electron chi connectivity index (χ4n) is 1.33. The molecule has 0 fully saturated rings. The van der Waals surface area contributed by atoms with Gasteiger partial charge in [-0.15, -0.1) is 0 Å². The Hall–Kier alpha value is -2.13. The summed E-state index contributed by atoms with van der Waals surface area (Å²) in [4.78, 5) is 23.1. The van der Waals surface area contributed by atoms with Gasteiger partial charge in [0.05, 0.1) is 17.0 Å². The predicted molar refractivity (Wildman–Crippen MR) is 71.7 cm³/mol. The number of rotatable bonds is 5. The molecule has 0 bridgehead atoms. The van der Waals surface area contributed by atoms with E-state index in [1.807, 2.05) is 4.72 Å². The van der Waals surface area contributed by atoms with Gasteiger partial charge in [-0.25, -0.2) is 17.9 Å². The second-order valence-corrected chi connectivity index (χ2v) is 5.91. The maximum Gasteiger partial charge on any atom is 0.337 e. The number of likely N-dealkylation sites (N-methyl/N-ethyl adjacent to an activating group) is 1. The third-order valence-corrected chi connectivity index (χ3v) is 3.88. The van der Waals surface area contributed by atoms with Gasteiger partial charge in [-0.1, -0.05) is 0 Å². The Balaban J connectivity index is 3.12. The predicted octanol–water partition coefficient (Wildman–Crippen LogP) is -0.666. The van der Waals surface area contributed by atoms with Crippen molar-refractivity contribution in [2.75, 3.05) is 26.4 Å². The van der Waals surface area contributed by atoms with Gasteiger partial charge in [0.25, 0.3) is 0 Å². The van der Waals surface area contributed by atoms with Crippen LogP contribution in [0.3, 0.4) is 0 Å². The Morgan fingerprint density at radius 3 is 2.45 bits per heavy atom. The van der Waals surface area contributed by atoms with Crippen molar-refractivity contribution in [2.24, 2.45) is 0 Å². The van der Waals surface area contributed by atoms with Crippen LogP contribution in [0.5, 0.6) is 0 Å². The molecule has 1 amide bonds. The highest BCUT2D eigenvalue weighted by Gasteiger charge is 2.23. The van der Waals surface area contributed by atoms with Gasteiger partial charge in [0.1, 0.15) is 0 Å². The van der Waals surface area contributed by atoms with E-state index in [0.717, 1.165) is 12.1 Å². The summed E-state index contributed by atoms with van der Waals surface area (Å²) in [6.45, 7) is -0.469. The molecule has 9 heteroatoms. The summed E-state index contributed by atoms with van der Waals surface area (Å²) < 4.78 is 26.1. The number of nitrogens with two attached hydrogens (primary N) is 1. The number of sulfonamides is 1. The Morgan fingerprint density at radius 1 is 1.35 bits per heavy atom. The average molecular weight is 301 g/mol. The van der Waals surface area contributed by atoms with E-state index in [1.165, 1.54) is 25.1 Å². The van der Waals surface area contributed by atoms with E-state index in [1.54, 1.807) is 0 Å². The van der Waals surface area contributed by atoms with Gasteiger partial charge in [0.2, 0.25) is 15.9 Å². The zero-order valence-corrected chi connectivity index (χ0v) is 11.8. The molecule has 0 atom stereocenters. The Labute approximate surface area is 116 Å². The van der Waals surface area contributed by atoms with Crippen molar-refractivity contribution in [1.82, 2.24) is 9.62 Å². The molecule has 0 aromatic heterocycles. The first-order valence-corrected chi connectivity index (χ1v) is 6.96. The van der Waals surface area contributed by atoms with E-state index in [-0.39, 0.29) is 5.69 Å². The van der Waals surface area contributed by atoms with Crippen LogP contribution in [0.4, 0.5) is 5.69 Å². The van der Waals surface area contributed by atoms with Gasteiger partial charge in [-0.05, 0) is 18.2 Å². The minimum atomic E-state index is -4.15. The van der Waals surface area contributed by atoms with Gasteiger partial charge in [0, 0.05) is 19.8 Å². The summed E-state index contributed by atoms with van der Waals surface area (Å²) in [5.41, 5.74) is 5.16. The molecule has 0 heterocycles. The van der Waals surface area contributed by atoms with Crippen LogP contribution in [0.15, 0.2) is 23.1 Å². The monoisotopic (exact) mass is 301 g/mol. The van der Waals surface area contributed by atoms with E-state index in [9.17, 15) is 18.0 Å². The number of benzene rings is 1. The second-order valence-electron chi connectivity index (χ2n) is 4.17. The maximum absolute atomic E-state index is 12.0. The van der Waals surface area contributed by atoms with E-state index < -0.39 is 38.9 Å². The number of aromatic carboxylic acids is 1. The summed E-state index contributed by atoms with van der Waals surface area (Å²) >= 11 is 0.